The summed E-state index contributed by atoms with van der Waals surface area (Å²) in [7, 11) is -4.23. The first kappa shape index (κ1) is 21.4. The third-order valence-corrected chi connectivity index (χ3v) is 6.69. The molecule has 0 atom stereocenters. The van der Waals surface area contributed by atoms with Gasteiger partial charge in [-0.05, 0) is 48.5 Å². The fourth-order valence-corrected chi connectivity index (χ4v) is 4.71. The number of sulfone groups is 1. The minimum Gasteiger partial charge on any atom is -0.354 e. The highest BCUT2D eigenvalue weighted by atomic mass is 35.5. The molecule has 0 fully saturated rings. The van der Waals surface area contributed by atoms with E-state index in [4.69, 9.17) is 16.1 Å². The predicted octanol–water partition coefficient (Wildman–Crippen LogP) is 4.97. The Balaban J connectivity index is 1.93. The summed E-state index contributed by atoms with van der Waals surface area (Å²) in [4.78, 5) is 23.0. The van der Waals surface area contributed by atoms with Crippen molar-refractivity contribution in [2.75, 3.05) is 0 Å². The highest BCUT2D eigenvalue weighted by Gasteiger charge is 2.34. The molecule has 32 heavy (non-hydrogen) atoms. The van der Waals surface area contributed by atoms with Gasteiger partial charge in [0.1, 0.15) is 0 Å². The number of rotatable bonds is 6. The number of hydrogen-bond donors (Lipinski definition) is 0. The van der Waals surface area contributed by atoms with Crippen molar-refractivity contribution in [2.24, 2.45) is 0 Å². The molecule has 1 heterocycles. The number of aromatic nitrogens is 1. The van der Waals surface area contributed by atoms with E-state index in [1.807, 2.05) is 0 Å². The normalized spacial score (nSPS) is 11.3. The lowest BCUT2D eigenvalue weighted by Gasteiger charge is -2.07. The van der Waals surface area contributed by atoms with E-state index in [0.717, 1.165) is 0 Å². The molecule has 0 aliphatic carbocycles. The van der Waals surface area contributed by atoms with Crippen LogP contribution in [0, 0.1) is 10.1 Å². The van der Waals surface area contributed by atoms with Crippen LogP contribution in [-0.4, -0.2) is 24.3 Å². The molecule has 160 valence electrons. The number of nitro groups is 1. The Bertz CT molecular complexity index is 1410. The van der Waals surface area contributed by atoms with Crippen molar-refractivity contribution >= 4 is 32.9 Å². The average molecular weight is 469 g/mol. The lowest BCUT2D eigenvalue weighted by atomic mass is 10.1. The Morgan fingerprint density at radius 1 is 0.938 bits per heavy atom. The minimum atomic E-state index is -4.23. The van der Waals surface area contributed by atoms with Gasteiger partial charge in [0.15, 0.2) is 16.3 Å². The van der Waals surface area contributed by atoms with E-state index in [0.29, 0.717) is 5.02 Å². The van der Waals surface area contributed by atoms with Crippen LogP contribution in [0.2, 0.25) is 5.02 Å². The zero-order chi connectivity index (χ0) is 22.9. The molecule has 8 nitrogen and oxygen atoms in total. The van der Waals surface area contributed by atoms with Crippen LogP contribution in [0.15, 0.2) is 93.2 Å². The van der Waals surface area contributed by atoms with Crippen molar-refractivity contribution < 1.29 is 22.7 Å². The summed E-state index contributed by atoms with van der Waals surface area (Å²) < 4.78 is 32.3. The molecule has 0 bridgehead atoms. The summed E-state index contributed by atoms with van der Waals surface area (Å²) in [5, 5.41) is 15.1. The lowest BCUT2D eigenvalue weighted by molar-refractivity contribution is -0.384. The summed E-state index contributed by atoms with van der Waals surface area (Å²) in [6.07, 6.45) is 0. The number of hydrogen-bond acceptors (Lipinski definition) is 7. The van der Waals surface area contributed by atoms with Gasteiger partial charge in [-0.15, -0.1) is 0 Å². The van der Waals surface area contributed by atoms with Crippen LogP contribution in [0.25, 0.3) is 11.3 Å². The fourth-order valence-electron chi connectivity index (χ4n) is 3.05. The number of nitrogens with zero attached hydrogens (tertiary/aromatic N) is 2. The van der Waals surface area contributed by atoms with Gasteiger partial charge in [0.05, 0.1) is 9.82 Å². The molecule has 0 saturated carbocycles. The van der Waals surface area contributed by atoms with Crippen LogP contribution in [0.1, 0.15) is 16.1 Å². The Morgan fingerprint density at radius 2 is 1.56 bits per heavy atom. The molecule has 4 rings (SSSR count). The standard InChI is InChI=1S/C22H13ClN2O6S/c23-16-10-6-14(7-11-16)20(26)19-22(32(29,30)18-4-2-1-3-5-18)21(31-24-19)15-8-12-17(13-9-15)25(27)28/h1-13H. The number of halogens is 1. The molecule has 0 amide bonds. The lowest BCUT2D eigenvalue weighted by Crippen LogP contribution is -2.11. The summed E-state index contributed by atoms with van der Waals surface area (Å²) in [5.74, 6) is -0.867. The van der Waals surface area contributed by atoms with Crippen LogP contribution in [-0.2, 0) is 9.84 Å². The Labute approximate surface area is 187 Å². The maximum atomic E-state index is 13.5. The molecule has 0 spiro atoms. The third kappa shape index (κ3) is 3.91. The number of carbonyl (C=O) groups excluding carboxylic acids is 1. The zero-order valence-corrected chi connectivity index (χ0v) is 17.7. The maximum Gasteiger partial charge on any atom is 0.269 e. The van der Waals surface area contributed by atoms with Crippen LogP contribution in [0.3, 0.4) is 0 Å². The van der Waals surface area contributed by atoms with E-state index in [9.17, 15) is 23.3 Å². The van der Waals surface area contributed by atoms with Crippen molar-refractivity contribution in [3.8, 4) is 11.3 Å². The van der Waals surface area contributed by atoms with Crippen molar-refractivity contribution in [3.05, 3.63) is 105 Å². The van der Waals surface area contributed by atoms with Gasteiger partial charge in [0.25, 0.3) is 5.69 Å². The molecule has 0 unspecified atom stereocenters. The van der Waals surface area contributed by atoms with Gasteiger partial charge >= 0.3 is 0 Å². The zero-order valence-electron chi connectivity index (χ0n) is 16.1. The average Bonchev–Trinajstić information content (AvgIpc) is 3.26. The molecule has 0 N–H and O–H groups in total. The Kier molecular flexibility index (Phi) is 5.60. The van der Waals surface area contributed by atoms with Crippen molar-refractivity contribution in [1.29, 1.82) is 0 Å². The Morgan fingerprint density at radius 3 is 2.16 bits per heavy atom. The molecule has 4 aromatic rings. The van der Waals surface area contributed by atoms with Crippen LogP contribution < -0.4 is 0 Å². The summed E-state index contributed by atoms with van der Waals surface area (Å²) in [5.41, 5.74) is -0.196. The monoisotopic (exact) mass is 468 g/mol. The molecule has 0 aliphatic rings. The highest BCUT2D eigenvalue weighted by molar-refractivity contribution is 7.91. The van der Waals surface area contributed by atoms with Gasteiger partial charge < -0.3 is 4.52 Å². The summed E-state index contributed by atoms with van der Waals surface area (Å²) in [6.45, 7) is 0. The van der Waals surface area contributed by atoms with Crippen molar-refractivity contribution in [3.63, 3.8) is 0 Å². The van der Waals surface area contributed by atoms with E-state index >= 15 is 0 Å². The molecular weight excluding hydrogens is 456 g/mol. The second-order valence-electron chi connectivity index (χ2n) is 6.65. The fraction of sp³-hybridized carbons (Fsp3) is 0. The minimum absolute atomic E-state index is 0.0588. The van der Waals surface area contributed by atoms with Gasteiger partial charge in [-0.25, -0.2) is 8.42 Å². The highest BCUT2D eigenvalue weighted by Crippen LogP contribution is 2.36. The topological polar surface area (TPSA) is 120 Å². The van der Waals surface area contributed by atoms with E-state index < -0.39 is 31.1 Å². The van der Waals surface area contributed by atoms with Crippen LogP contribution in [0.4, 0.5) is 5.69 Å². The van der Waals surface area contributed by atoms with Gasteiger partial charge in [-0.1, -0.05) is 35.0 Å². The molecule has 10 heteroatoms. The molecule has 3 aromatic carbocycles. The number of nitro benzene ring substituents is 1. The number of ketones is 1. The van der Waals surface area contributed by atoms with Gasteiger partial charge in [-0.2, -0.15) is 0 Å². The first-order valence-corrected chi connectivity index (χ1v) is 11.0. The smallest absolute Gasteiger partial charge is 0.269 e. The Hall–Kier alpha value is -3.82. The largest absolute Gasteiger partial charge is 0.354 e. The van der Waals surface area contributed by atoms with Crippen LogP contribution >= 0.6 is 11.6 Å². The first-order valence-electron chi connectivity index (χ1n) is 9.14. The van der Waals surface area contributed by atoms with Gasteiger partial charge in [0, 0.05) is 28.3 Å². The van der Waals surface area contributed by atoms with Gasteiger partial charge in [0.2, 0.25) is 15.6 Å². The summed E-state index contributed by atoms with van der Waals surface area (Å²) in [6, 6.07) is 18.5. The molecule has 1 aromatic heterocycles. The second-order valence-corrected chi connectivity index (χ2v) is 8.97. The molecule has 0 saturated heterocycles. The van der Waals surface area contributed by atoms with E-state index in [-0.39, 0.29) is 27.5 Å². The number of non-ortho nitro benzene ring substituents is 1. The molecule has 0 radical (unpaired) electrons. The maximum absolute atomic E-state index is 13.5. The summed E-state index contributed by atoms with van der Waals surface area (Å²) >= 11 is 5.88. The predicted molar refractivity (Wildman–Crippen MR) is 115 cm³/mol. The number of carbonyl (C=O) groups is 1. The van der Waals surface area contributed by atoms with Crippen molar-refractivity contribution in [2.45, 2.75) is 9.79 Å². The van der Waals surface area contributed by atoms with Crippen LogP contribution in [0.5, 0.6) is 0 Å². The third-order valence-electron chi connectivity index (χ3n) is 4.63. The quantitative estimate of drug-likeness (QED) is 0.222. The van der Waals surface area contributed by atoms with E-state index in [2.05, 4.69) is 5.16 Å². The SMILES string of the molecule is O=C(c1ccc(Cl)cc1)c1noc(-c2ccc([N+](=O)[O-])cc2)c1S(=O)(=O)c1ccccc1. The van der Waals surface area contributed by atoms with E-state index in [1.165, 1.54) is 60.7 Å². The first-order chi connectivity index (χ1) is 15.3. The molecular formula is C22H13ClN2O6S. The number of benzene rings is 3. The van der Waals surface area contributed by atoms with Crippen molar-refractivity contribution in [1.82, 2.24) is 5.16 Å². The van der Waals surface area contributed by atoms with Gasteiger partial charge in [-0.3, -0.25) is 14.9 Å². The second kappa shape index (κ2) is 8.37. The van der Waals surface area contributed by atoms with E-state index in [1.54, 1.807) is 18.2 Å². The molecule has 0 aliphatic heterocycles.